The summed E-state index contributed by atoms with van der Waals surface area (Å²) in [5, 5.41) is 1.83. The Morgan fingerprint density at radius 1 is 0.463 bits per heavy atom. The van der Waals surface area contributed by atoms with Crippen LogP contribution in [0.25, 0.3) is 33.4 Å². The molecule has 9 heteroatoms. The molecule has 0 aliphatic heterocycles. The van der Waals surface area contributed by atoms with E-state index in [4.69, 9.17) is 29.9 Å². The molecule has 282 valence electrons. The van der Waals surface area contributed by atoms with Gasteiger partial charge in [-0.05, 0) is 70.0 Å². The van der Waals surface area contributed by atoms with Gasteiger partial charge in [0.2, 0.25) is 0 Å². The van der Waals surface area contributed by atoms with Crippen LogP contribution >= 0.6 is 0 Å². The maximum atomic E-state index is 5.58. The Kier molecular flexibility index (Phi) is 8.34. The van der Waals surface area contributed by atoms with Crippen molar-refractivity contribution in [2.24, 2.45) is 0 Å². The second-order valence-corrected chi connectivity index (χ2v) is 19.4. The van der Waals surface area contributed by atoms with Crippen LogP contribution in [0.2, 0.25) is 0 Å². The molecule has 0 spiro atoms. The fourth-order valence-corrected chi connectivity index (χ4v) is 7.68. The summed E-state index contributed by atoms with van der Waals surface area (Å²) in [6, 6.07) is 13.0. The van der Waals surface area contributed by atoms with E-state index in [1.165, 1.54) is 5.56 Å². The summed E-state index contributed by atoms with van der Waals surface area (Å²) >= 11 is 0. The van der Waals surface area contributed by atoms with E-state index in [2.05, 4.69) is 168 Å². The minimum Gasteiger partial charge on any atom is -0.282 e. The lowest BCUT2D eigenvalue weighted by Gasteiger charge is -2.27. The van der Waals surface area contributed by atoms with Gasteiger partial charge in [0, 0.05) is 33.0 Å². The van der Waals surface area contributed by atoms with E-state index in [0.29, 0.717) is 11.3 Å². The van der Waals surface area contributed by atoms with Gasteiger partial charge in [0.05, 0.1) is 27.8 Å². The van der Waals surface area contributed by atoms with Crippen molar-refractivity contribution in [2.75, 3.05) is 4.90 Å². The summed E-state index contributed by atoms with van der Waals surface area (Å²) in [4.78, 5) is 34.3. The highest BCUT2D eigenvalue weighted by Crippen LogP contribution is 2.44. The zero-order valence-corrected chi connectivity index (χ0v) is 35.5. The second-order valence-electron chi connectivity index (χ2n) is 19.4. The third-order valence-corrected chi connectivity index (χ3v) is 10.4. The second kappa shape index (κ2) is 12.0. The monoisotopic (exact) mass is 723 g/mol. The molecular weight excluding hydrogens is 667 g/mol. The van der Waals surface area contributed by atoms with Gasteiger partial charge in [0.15, 0.2) is 34.2 Å². The van der Waals surface area contributed by atoms with Crippen LogP contribution in [-0.4, -0.2) is 38.7 Å². The normalized spacial score (nSPS) is 13.3. The fourth-order valence-electron chi connectivity index (χ4n) is 7.68. The molecule has 0 unspecified atom stereocenters. The minimum absolute atomic E-state index is 0.118. The molecule has 0 amide bonds. The van der Waals surface area contributed by atoms with E-state index in [9.17, 15) is 0 Å². The highest BCUT2D eigenvalue weighted by Gasteiger charge is 2.33. The van der Waals surface area contributed by atoms with E-state index in [-0.39, 0.29) is 21.7 Å². The summed E-state index contributed by atoms with van der Waals surface area (Å²) in [5.41, 5.74) is 10.8. The minimum atomic E-state index is -0.292. The Morgan fingerprint density at radius 3 is 1.17 bits per heavy atom. The Labute approximate surface area is 320 Å². The molecule has 0 saturated heterocycles. The van der Waals surface area contributed by atoms with E-state index < -0.39 is 0 Å². The smallest absolute Gasteiger partial charge is 0.165 e. The number of rotatable bonds is 3. The Morgan fingerprint density at radius 2 is 0.833 bits per heavy atom. The molecule has 6 aromatic heterocycles. The Hall–Kier alpha value is -4.92. The summed E-state index contributed by atoms with van der Waals surface area (Å²) in [7, 11) is 0. The summed E-state index contributed by atoms with van der Waals surface area (Å²) in [6.45, 7) is 37.2. The van der Waals surface area contributed by atoms with Crippen LogP contribution in [-0.2, 0) is 21.7 Å². The van der Waals surface area contributed by atoms with Gasteiger partial charge >= 0.3 is 0 Å². The van der Waals surface area contributed by atoms with Gasteiger partial charge in [-0.25, -0.2) is 29.9 Å². The number of fused-ring (bicyclic) bond motifs is 6. The quantitative estimate of drug-likeness (QED) is 0.179. The number of anilines is 3. The molecule has 9 nitrogen and oxygen atoms in total. The van der Waals surface area contributed by atoms with Crippen LogP contribution in [0.4, 0.5) is 17.3 Å². The molecule has 54 heavy (non-hydrogen) atoms. The SMILES string of the molecule is Cc1cc(C)c(N(c2nc3c4ccc(C(C)(C)C)nc4nc(C(C)(C)C)n3c2C)c2nc3c4ccc(C(C)(C)C)nc4nc(C(C)(C)C)n3c2C)c(C)c1. The lowest BCUT2D eigenvalue weighted by molar-refractivity contribution is 0.535. The van der Waals surface area contributed by atoms with Gasteiger partial charge in [-0.15, -0.1) is 0 Å². The number of aromatic nitrogens is 8. The zero-order valence-electron chi connectivity index (χ0n) is 35.5. The largest absolute Gasteiger partial charge is 0.282 e. The first-order valence-electron chi connectivity index (χ1n) is 19.2. The number of aryl methyl sites for hydroxylation is 5. The first-order valence-corrected chi connectivity index (χ1v) is 19.2. The first-order chi connectivity index (χ1) is 24.9. The van der Waals surface area contributed by atoms with Crippen molar-refractivity contribution in [1.29, 1.82) is 0 Å². The van der Waals surface area contributed by atoms with Crippen molar-refractivity contribution in [3.63, 3.8) is 0 Å². The molecule has 0 atom stereocenters. The van der Waals surface area contributed by atoms with E-state index in [0.717, 1.165) is 84.9 Å². The van der Waals surface area contributed by atoms with Gasteiger partial charge in [-0.2, -0.15) is 0 Å². The third-order valence-electron chi connectivity index (χ3n) is 10.4. The van der Waals surface area contributed by atoms with Crippen molar-refractivity contribution < 1.29 is 0 Å². The van der Waals surface area contributed by atoms with E-state index in [1.54, 1.807) is 0 Å². The predicted octanol–water partition coefficient (Wildman–Crippen LogP) is 11.1. The highest BCUT2D eigenvalue weighted by atomic mass is 15.3. The van der Waals surface area contributed by atoms with Gasteiger partial charge in [-0.1, -0.05) is 101 Å². The third kappa shape index (κ3) is 6.00. The lowest BCUT2D eigenvalue weighted by Crippen LogP contribution is -2.21. The standard InChI is InChI=1S/C45H57N9/c1-24-22-25(2)33(26(3)23-24)54(36-27(4)52-38(50-36)29-18-20-31(42(6,7)8)46-34(29)48-40(52)44(12,13)14)37-28(5)53-39(51-37)30-19-21-32(43(9,10)11)47-35(30)49-41(53)45(15,16)17/h18-23H,1-17H3. The van der Waals surface area contributed by atoms with Crippen molar-refractivity contribution in [3.8, 4) is 0 Å². The molecule has 0 saturated carbocycles. The van der Waals surface area contributed by atoms with Gasteiger partial charge in [-0.3, -0.25) is 13.7 Å². The van der Waals surface area contributed by atoms with E-state index >= 15 is 0 Å². The highest BCUT2D eigenvalue weighted by molar-refractivity contribution is 5.94. The van der Waals surface area contributed by atoms with Crippen LogP contribution in [0.3, 0.4) is 0 Å². The molecule has 0 bridgehead atoms. The number of nitrogens with zero attached hydrogens (tertiary/aromatic N) is 9. The van der Waals surface area contributed by atoms with Crippen LogP contribution in [0.15, 0.2) is 36.4 Å². The van der Waals surface area contributed by atoms with Crippen LogP contribution in [0, 0.1) is 34.6 Å². The number of pyridine rings is 2. The summed E-state index contributed by atoms with van der Waals surface area (Å²) < 4.78 is 4.48. The molecule has 6 heterocycles. The average molecular weight is 724 g/mol. The van der Waals surface area contributed by atoms with Crippen LogP contribution in [0.5, 0.6) is 0 Å². The van der Waals surface area contributed by atoms with Crippen LogP contribution in [0.1, 0.15) is 134 Å². The van der Waals surface area contributed by atoms with Gasteiger partial charge in [0.25, 0.3) is 0 Å². The molecule has 1 aromatic carbocycles. The number of imidazole rings is 2. The Balaban J connectivity index is 1.63. The molecule has 0 radical (unpaired) electrons. The molecule has 0 aliphatic carbocycles. The van der Waals surface area contributed by atoms with Crippen molar-refractivity contribution in [2.45, 2.75) is 139 Å². The molecule has 7 rings (SSSR count). The first kappa shape index (κ1) is 37.4. The number of hydrogen-bond donors (Lipinski definition) is 0. The zero-order chi connectivity index (χ0) is 39.6. The molecular formula is C45H57N9. The topological polar surface area (TPSA) is 89.4 Å². The molecule has 7 aromatic rings. The Bertz CT molecular complexity index is 2470. The number of benzene rings is 1. The maximum absolute atomic E-state index is 5.58. The van der Waals surface area contributed by atoms with Crippen molar-refractivity contribution in [3.05, 3.63) is 87.5 Å². The fraction of sp³-hybridized carbons (Fsp3) is 0.467. The molecule has 0 aliphatic rings. The predicted molar refractivity (Wildman–Crippen MR) is 223 cm³/mol. The molecule has 0 N–H and O–H groups in total. The van der Waals surface area contributed by atoms with Crippen LogP contribution < -0.4 is 4.90 Å². The molecule has 0 fully saturated rings. The average Bonchev–Trinajstić information content (AvgIpc) is 3.56. The summed E-state index contributed by atoms with van der Waals surface area (Å²) in [6.07, 6.45) is 0. The van der Waals surface area contributed by atoms with Gasteiger partial charge < -0.3 is 0 Å². The lowest BCUT2D eigenvalue weighted by atomic mass is 9.91. The van der Waals surface area contributed by atoms with Crippen molar-refractivity contribution >= 4 is 50.7 Å². The van der Waals surface area contributed by atoms with Crippen molar-refractivity contribution in [1.82, 2.24) is 38.7 Å². The summed E-state index contributed by atoms with van der Waals surface area (Å²) in [5.74, 6) is 3.43. The van der Waals surface area contributed by atoms with Gasteiger partial charge in [0.1, 0.15) is 11.6 Å². The van der Waals surface area contributed by atoms with E-state index in [1.807, 2.05) is 0 Å². The number of hydrogen-bond acceptors (Lipinski definition) is 7. The maximum Gasteiger partial charge on any atom is 0.165 e.